The first-order valence-electron chi connectivity index (χ1n) is 9.47. The summed E-state index contributed by atoms with van der Waals surface area (Å²) in [4.78, 5) is 15.1. The summed E-state index contributed by atoms with van der Waals surface area (Å²) in [5.41, 5.74) is 8.79. The fourth-order valence-electron chi connectivity index (χ4n) is 3.96. The van der Waals surface area contributed by atoms with Gasteiger partial charge in [0, 0.05) is 6.54 Å². The predicted octanol–water partition coefficient (Wildman–Crippen LogP) is 5.30. The SMILES string of the molecule is Cc1ccc(C2c3cc(C)c(C)cc3CCN2C(=O)c2ccco2)cc1C. The van der Waals surface area contributed by atoms with Crippen LogP contribution < -0.4 is 0 Å². The number of hydrogen-bond acceptors (Lipinski definition) is 2. The second-order valence-electron chi connectivity index (χ2n) is 7.61. The van der Waals surface area contributed by atoms with Gasteiger partial charge in [-0.3, -0.25) is 4.79 Å². The number of furan rings is 1. The molecule has 3 aromatic rings. The number of carbonyl (C=O) groups excluding carboxylic acids is 1. The maximum atomic E-state index is 13.2. The third kappa shape index (κ3) is 3.08. The molecule has 0 N–H and O–H groups in total. The Hall–Kier alpha value is -2.81. The molecule has 3 nitrogen and oxygen atoms in total. The molecule has 0 bridgehead atoms. The van der Waals surface area contributed by atoms with E-state index in [1.807, 2.05) is 4.90 Å². The van der Waals surface area contributed by atoms with Gasteiger partial charge >= 0.3 is 0 Å². The Morgan fingerprint density at radius 3 is 2.41 bits per heavy atom. The molecule has 1 aromatic heterocycles. The summed E-state index contributed by atoms with van der Waals surface area (Å²) in [6.45, 7) is 9.23. The Kier molecular flexibility index (Phi) is 4.39. The highest BCUT2D eigenvalue weighted by molar-refractivity contribution is 5.92. The van der Waals surface area contributed by atoms with Crippen molar-refractivity contribution in [3.8, 4) is 0 Å². The molecule has 1 amide bonds. The fraction of sp³-hybridized carbons (Fsp3) is 0.292. The lowest BCUT2D eigenvalue weighted by molar-refractivity contribution is 0.0662. The van der Waals surface area contributed by atoms with E-state index in [4.69, 9.17) is 4.42 Å². The van der Waals surface area contributed by atoms with Gasteiger partial charge in [0.1, 0.15) is 0 Å². The van der Waals surface area contributed by atoms with Crippen molar-refractivity contribution in [2.24, 2.45) is 0 Å². The first-order chi connectivity index (χ1) is 13.0. The van der Waals surface area contributed by atoms with E-state index >= 15 is 0 Å². The maximum Gasteiger partial charge on any atom is 0.290 e. The topological polar surface area (TPSA) is 33.5 Å². The summed E-state index contributed by atoms with van der Waals surface area (Å²) >= 11 is 0. The molecule has 0 fully saturated rings. The van der Waals surface area contributed by atoms with Crippen molar-refractivity contribution in [3.05, 3.63) is 93.4 Å². The number of carbonyl (C=O) groups is 1. The second-order valence-corrected chi connectivity index (χ2v) is 7.61. The Morgan fingerprint density at radius 1 is 0.963 bits per heavy atom. The van der Waals surface area contributed by atoms with Crippen LogP contribution in [-0.2, 0) is 6.42 Å². The monoisotopic (exact) mass is 359 g/mol. The first-order valence-corrected chi connectivity index (χ1v) is 9.47. The maximum absolute atomic E-state index is 13.2. The molecule has 1 unspecified atom stereocenters. The summed E-state index contributed by atoms with van der Waals surface area (Å²) in [7, 11) is 0. The number of nitrogens with zero attached hydrogens (tertiary/aromatic N) is 1. The molecule has 138 valence electrons. The van der Waals surface area contributed by atoms with Gasteiger partial charge < -0.3 is 9.32 Å². The summed E-state index contributed by atoms with van der Waals surface area (Å²) in [6, 6.07) is 14.5. The molecule has 0 aliphatic carbocycles. The molecule has 0 saturated heterocycles. The highest BCUT2D eigenvalue weighted by Crippen LogP contribution is 2.38. The van der Waals surface area contributed by atoms with Crippen molar-refractivity contribution in [3.63, 3.8) is 0 Å². The number of fused-ring (bicyclic) bond motifs is 1. The van der Waals surface area contributed by atoms with Gasteiger partial charge in [0.25, 0.3) is 5.91 Å². The van der Waals surface area contributed by atoms with Crippen molar-refractivity contribution >= 4 is 5.91 Å². The van der Waals surface area contributed by atoms with Gasteiger partial charge in [-0.15, -0.1) is 0 Å². The van der Waals surface area contributed by atoms with E-state index in [1.165, 1.54) is 33.4 Å². The van der Waals surface area contributed by atoms with Crippen LogP contribution in [0.5, 0.6) is 0 Å². The van der Waals surface area contributed by atoms with Crippen LogP contribution in [0.4, 0.5) is 0 Å². The number of rotatable bonds is 2. The van der Waals surface area contributed by atoms with Crippen LogP contribution in [0, 0.1) is 27.7 Å². The number of benzene rings is 2. The van der Waals surface area contributed by atoms with E-state index in [9.17, 15) is 4.79 Å². The van der Waals surface area contributed by atoms with E-state index in [0.29, 0.717) is 12.3 Å². The van der Waals surface area contributed by atoms with Crippen molar-refractivity contribution in [2.75, 3.05) is 6.54 Å². The van der Waals surface area contributed by atoms with E-state index < -0.39 is 0 Å². The van der Waals surface area contributed by atoms with Crippen molar-refractivity contribution < 1.29 is 9.21 Å². The number of amides is 1. The average molecular weight is 359 g/mol. The van der Waals surface area contributed by atoms with Gasteiger partial charge in [-0.1, -0.05) is 30.3 Å². The lowest BCUT2D eigenvalue weighted by atomic mass is 9.85. The number of aryl methyl sites for hydroxylation is 4. The van der Waals surface area contributed by atoms with Gasteiger partial charge in [-0.25, -0.2) is 0 Å². The zero-order valence-corrected chi connectivity index (χ0v) is 16.4. The summed E-state index contributed by atoms with van der Waals surface area (Å²) in [5, 5.41) is 0. The molecule has 0 radical (unpaired) electrons. The van der Waals surface area contributed by atoms with Crippen molar-refractivity contribution in [1.29, 1.82) is 0 Å². The lowest BCUT2D eigenvalue weighted by Crippen LogP contribution is -2.40. The van der Waals surface area contributed by atoms with Crippen LogP contribution in [0.25, 0.3) is 0 Å². The normalized spacial score (nSPS) is 16.3. The minimum Gasteiger partial charge on any atom is -0.459 e. The molecule has 27 heavy (non-hydrogen) atoms. The molecule has 2 heterocycles. The summed E-state index contributed by atoms with van der Waals surface area (Å²) in [5.74, 6) is 0.350. The second kappa shape index (κ2) is 6.73. The lowest BCUT2D eigenvalue weighted by Gasteiger charge is -2.38. The van der Waals surface area contributed by atoms with Crippen LogP contribution in [-0.4, -0.2) is 17.4 Å². The van der Waals surface area contributed by atoms with Crippen LogP contribution in [0.15, 0.2) is 53.1 Å². The summed E-state index contributed by atoms with van der Waals surface area (Å²) < 4.78 is 5.42. The zero-order chi connectivity index (χ0) is 19.1. The molecule has 1 aliphatic heterocycles. The minimum absolute atomic E-state index is 0.0490. The molecule has 1 atom stereocenters. The number of hydrogen-bond donors (Lipinski definition) is 0. The van der Waals surface area contributed by atoms with Gasteiger partial charge in [0.15, 0.2) is 5.76 Å². The van der Waals surface area contributed by atoms with Crippen LogP contribution >= 0.6 is 0 Å². The Balaban J connectivity index is 1.87. The van der Waals surface area contributed by atoms with Crippen molar-refractivity contribution in [1.82, 2.24) is 4.90 Å². The molecular weight excluding hydrogens is 334 g/mol. The van der Waals surface area contributed by atoms with Crippen LogP contribution in [0.2, 0.25) is 0 Å². The Bertz CT molecular complexity index is 1000. The molecular formula is C24H25NO2. The minimum atomic E-state index is -0.0926. The van der Waals surface area contributed by atoms with E-state index in [0.717, 1.165) is 12.0 Å². The standard InChI is InChI=1S/C24H25NO2/c1-15-7-8-20(13-16(15)2)23-21-14-18(4)17(3)12-19(21)9-10-25(23)24(26)22-6-5-11-27-22/h5-8,11-14,23H,9-10H2,1-4H3. The van der Waals surface area contributed by atoms with Crippen LogP contribution in [0.1, 0.15) is 55.5 Å². The Labute approximate surface area is 160 Å². The van der Waals surface area contributed by atoms with E-state index in [2.05, 4.69) is 58.0 Å². The quantitative estimate of drug-likeness (QED) is 0.622. The zero-order valence-electron chi connectivity index (χ0n) is 16.4. The van der Waals surface area contributed by atoms with Crippen molar-refractivity contribution in [2.45, 2.75) is 40.2 Å². The largest absolute Gasteiger partial charge is 0.459 e. The highest BCUT2D eigenvalue weighted by atomic mass is 16.3. The fourth-order valence-corrected chi connectivity index (χ4v) is 3.96. The van der Waals surface area contributed by atoms with E-state index in [1.54, 1.807) is 18.4 Å². The van der Waals surface area contributed by atoms with Crippen LogP contribution in [0.3, 0.4) is 0 Å². The molecule has 0 spiro atoms. The van der Waals surface area contributed by atoms with E-state index in [-0.39, 0.29) is 11.9 Å². The average Bonchev–Trinajstić information content (AvgIpc) is 3.18. The molecule has 1 aliphatic rings. The molecule has 2 aromatic carbocycles. The molecule has 3 heteroatoms. The van der Waals surface area contributed by atoms with Gasteiger partial charge in [0.2, 0.25) is 0 Å². The third-order valence-corrected chi connectivity index (χ3v) is 5.82. The summed E-state index contributed by atoms with van der Waals surface area (Å²) in [6.07, 6.45) is 2.42. The first kappa shape index (κ1) is 17.6. The highest BCUT2D eigenvalue weighted by Gasteiger charge is 2.34. The molecule has 0 saturated carbocycles. The smallest absolute Gasteiger partial charge is 0.290 e. The molecule has 4 rings (SSSR count). The predicted molar refractivity (Wildman–Crippen MR) is 107 cm³/mol. The van der Waals surface area contributed by atoms with Gasteiger partial charge in [-0.2, -0.15) is 0 Å². The van der Waals surface area contributed by atoms with Gasteiger partial charge in [-0.05, 0) is 85.2 Å². The third-order valence-electron chi connectivity index (χ3n) is 5.82. The van der Waals surface area contributed by atoms with Gasteiger partial charge in [0.05, 0.1) is 12.3 Å². The Morgan fingerprint density at radius 2 is 1.70 bits per heavy atom.